The van der Waals surface area contributed by atoms with E-state index in [4.69, 9.17) is 4.74 Å². The Kier molecular flexibility index (Phi) is 7.24. The van der Waals surface area contributed by atoms with Crippen LogP contribution < -0.4 is 4.74 Å². The van der Waals surface area contributed by atoms with Crippen molar-refractivity contribution in [3.63, 3.8) is 0 Å². The molecule has 0 aliphatic carbocycles. The molecule has 2 heterocycles. The lowest BCUT2D eigenvalue weighted by Gasteiger charge is -2.32. The van der Waals surface area contributed by atoms with E-state index in [1.807, 2.05) is 7.05 Å². The number of halogens is 5. The summed E-state index contributed by atoms with van der Waals surface area (Å²) in [5.41, 5.74) is 0.824. The highest BCUT2D eigenvalue weighted by Crippen LogP contribution is 2.34. The third-order valence-corrected chi connectivity index (χ3v) is 6.72. The average molecular weight is 469 g/mol. The summed E-state index contributed by atoms with van der Waals surface area (Å²) in [6.45, 7) is 3.64. The highest BCUT2D eigenvalue weighted by Gasteiger charge is 2.30. The Balaban J connectivity index is 1.30. The molecule has 180 valence electrons. The Morgan fingerprint density at radius 2 is 1.45 bits per heavy atom. The van der Waals surface area contributed by atoms with Gasteiger partial charge in [0.2, 0.25) is 0 Å². The summed E-state index contributed by atoms with van der Waals surface area (Å²) in [5.74, 6) is -1.47. The summed E-state index contributed by atoms with van der Waals surface area (Å²) in [5, 5.41) is 0. The van der Waals surface area contributed by atoms with Crippen molar-refractivity contribution >= 4 is 0 Å². The predicted octanol–water partition coefficient (Wildman–Crippen LogP) is 5.84. The Hall–Kier alpha value is -2.19. The van der Waals surface area contributed by atoms with Crippen LogP contribution in [0.4, 0.5) is 22.0 Å². The Morgan fingerprint density at radius 3 is 2.00 bits per heavy atom. The summed E-state index contributed by atoms with van der Waals surface area (Å²) in [7, 11) is 2.04. The van der Waals surface area contributed by atoms with Gasteiger partial charge in [-0.3, -0.25) is 4.90 Å². The molecule has 2 saturated heterocycles. The molecule has 2 aromatic rings. The molecule has 8 heteroatoms. The summed E-state index contributed by atoms with van der Waals surface area (Å²) in [6, 6.07) is 7.98. The molecular formula is C25H29F5N2O. The van der Waals surface area contributed by atoms with E-state index < -0.39 is 23.4 Å². The van der Waals surface area contributed by atoms with E-state index in [0.717, 1.165) is 43.6 Å². The molecule has 0 aromatic heterocycles. The van der Waals surface area contributed by atoms with Crippen molar-refractivity contribution in [2.45, 2.75) is 50.4 Å². The zero-order valence-electron chi connectivity index (χ0n) is 18.7. The number of hydrogen-bond donors (Lipinski definition) is 0. The Bertz CT molecular complexity index is 908. The van der Waals surface area contributed by atoms with Gasteiger partial charge in [0.15, 0.2) is 17.4 Å². The highest BCUT2D eigenvalue weighted by atomic mass is 19.4. The van der Waals surface area contributed by atoms with Gasteiger partial charge in [-0.15, -0.1) is 0 Å². The molecule has 3 nitrogen and oxygen atoms in total. The molecule has 2 aliphatic rings. The van der Waals surface area contributed by atoms with Crippen molar-refractivity contribution in [1.29, 1.82) is 0 Å². The summed E-state index contributed by atoms with van der Waals surface area (Å²) >= 11 is 0. The second-order valence-electron chi connectivity index (χ2n) is 9.18. The fourth-order valence-corrected chi connectivity index (χ4v) is 4.68. The second kappa shape index (κ2) is 9.97. The van der Waals surface area contributed by atoms with Crippen LogP contribution in [0.15, 0.2) is 36.4 Å². The maximum atomic E-state index is 14.7. The van der Waals surface area contributed by atoms with E-state index in [-0.39, 0.29) is 17.8 Å². The Labute approximate surface area is 191 Å². The van der Waals surface area contributed by atoms with Gasteiger partial charge in [-0.1, -0.05) is 12.1 Å². The molecule has 0 radical (unpaired) electrons. The van der Waals surface area contributed by atoms with Gasteiger partial charge in [0.05, 0.1) is 5.56 Å². The van der Waals surface area contributed by atoms with E-state index in [2.05, 4.69) is 9.80 Å². The van der Waals surface area contributed by atoms with Crippen molar-refractivity contribution in [2.24, 2.45) is 0 Å². The zero-order chi connectivity index (χ0) is 23.6. The van der Waals surface area contributed by atoms with Crippen molar-refractivity contribution in [3.8, 4) is 5.75 Å². The molecule has 2 aromatic carbocycles. The number of nitrogens with zero attached hydrogens (tertiary/aromatic N) is 2. The van der Waals surface area contributed by atoms with Crippen molar-refractivity contribution in [2.75, 3.05) is 33.2 Å². The number of piperidine rings is 2. The molecule has 0 N–H and O–H groups in total. The SMILES string of the molecule is CN1CCC(c2cc(F)c(OC3CCN(Cc4ccc(C(F)(F)F)cc4)CC3)c(F)c2)CC1. The van der Waals surface area contributed by atoms with Crippen LogP contribution in [-0.2, 0) is 12.7 Å². The first-order valence-corrected chi connectivity index (χ1v) is 11.4. The molecule has 0 bridgehead atoms. The van der Waals surface area contributed by atoms with Gasteiger partial charge < -0.3 is 9.64 Å². The van der Waals surface area contributed by atoms with Crippen LogP contribution in [0.25, 0.3) is 0 Å². The number of likely N-dealkylation sites (tertiary alicyclic amines) is 2. The first kappa shape index (κ1) is 24.0. The third-order valence-electron chi connectivity index (χ3n) is 6.72. The molecule has 0 amide bonds. The maximum Gasteiger partial charge on any atom is 0.416 e. The van der Waals surface area contributed by atoms with Gasteiger partial charge in [-0.25, -0.2) is 8.78 Å². The predicted molar refractivity (Wildman–Crippen MR) is 116 cm³/mol. The van der Waals surface area contributed by atoms with Gasteiger partial charge in [0.1, 0.15) is 6.10 Å². The lowest BCUT2D eigenvalue weighted by atomic mass is 9.89. The summed E-state index contributed by atoms with van der Waals surface area (Å²) < 4.78 is 73.3. The molecular weight excluding hydrogens is 439 g/mol. The van der Waals surface area contributed by atoms with Crippen LogP contribution >= 0.6 is 0 Å². The third kappa shape index (κ3) is 6.03. The number of ether oxygens (including phenoxy) is 1. The van der Waals surface area contributed by atoms with E-state index in [0.29, 0.717) is 38.0 Å². The van der Waals surface area contributed by atoms with E-state index in [1.165, 1.54) is 24.3 Å². The lowest BCUT2D eigenvalue weighted by molar-refractivity contribution is -0.137. The number of alkyl halides is 3. The van der Waals surface area contributed by atoms with Gasteiger partial charge in [0, 0.05) is 19.6 Å². The van der Waals surface area contributed by atoms with Gasteiger partial charge >= 0.3 is 6.18 Å². The molecule has 0 unspecified atom stereocenters. The summed E-state index contributed by atoms with van der Waals surface area (Å²) in [4.78, 5) is 4.32. The summed E-state index contributed by atoms with van der Waals surface area (Å²) in [6.07, 6.45) is -1.69. The molecule has 2 fully saturated rings. The van der Waals surface area contributed by atoms with Crippen LogP contribution in [0.1, 0.15) is 48.3 Å². The normalized spacial score (nSPS) is 19.7. The second-order valence-corrected chi connectivity index (χ2v) is 9.18. The van der Waals surface area contributed by atoms with Crippen LogP contribution in [-0.4, -0.2) is 49.1 Å². The van der Waals surface area contributed by atoms with E-state index in [9.17, 15) is 22.0 Å². The van der Waals surface area contributed by atoms with Crippen molar-refractivity contribution < 1.29 is 26.7 Å². The van der Waals surface area contributed by atoms with E-state index >= 15 is 0 Å². The molecule has 2 aliphatic heterocycles. The smallest absolute Gasteiger partial charge is 0.416 e. The minimum Gasteiger partial charge on any atom is -0.484 e. The van der Waals surface area contributed by atoms with Crippen LogP contribution in [0, 0.1) is 11.6 Å². The molecule has 0 spiro atoms. The van der Waals surface area contributed by atoms with Crippen molar-refractivity contribution in [3.05, 3.63) is 64.7 Å². The van der Waals surface area contributed by atoms with Crippen LogP contribution in [0.5, 0.6) is 5.75 Å². The van der Waals surface area contributed by atoms with Gasteiger partial charge in [0.25, 0.3) is 0 Å². The fraction of sp³-hybridized carbons (Fsp3) is 0.520. The zero-order valence-corrected chi connectivity index (χ0v) is 18.7. The monoisotopic (exact) mass is 468 g/mol. The van der Waals surface area contributed by atoms with Gasteiger partial charge in [-0.05, 0) is 87.1 Å². The maximum absolute atomic E-state index is 14.7. The Morgan fingerprint density at radius 1 is 0.879 bits per heavy atom. The number of rotatable bonds is 5. The first-order valence-electron chi connectivity index (χ1n) is 11.4. The van der Waals surface area contributed by atoms with Gasteiger partial charge in [-0.2, -0.15) is 13.2 Å². The largest absolute Gasteiger partial charge is 0.484 e. The average Bonchev–Trinajstić information content (AvgIpc) is 2.77. The molecule has 0 saturated carbocycles. The standard InChI is InChI=1S/C25H29F5N2O/c1-31-10-6-18(7-11-31)19-14-22(26)24(23(27)15-19)33-21-8-12-32(13-9-21)16-17-2-4-20(5-3-17)25(28,29)30/h2-5,14-15,18,21H,6-13,16H2,1H3. The molecule has 33 heavy (non-hydrogen) atoms. The minimum absolute atomic E-state index is 0.160. The quantitative estimate of drug-likeness (QED) is 0.513. The topological polar surface area (TPSA) is 15.7 Å². The molecule has 4 rings (SSSR count). The highest BCUT2D eigenvalue weighted by molar-refractivity contribution is 5.33. The first-order chi connectivity index (χ1) is 15.7. The molecule has 0 atom stereocenters. The fourth-order valence-electron chi connectivity index (χ4n) is 4.68. The number of benzene rings is 2. The number of hydrogen-bond acceptors (Lipinski definition) is 3. The van der Waals surface area contributed by atoms with Crippen LogP contribution in [0.2, 0.25) is 0 Å². The van der Waals surface area contributed by atoms with Crippen molar-refractivity contribution in [1.82, 2.24) is 9.80 Å². The minimum atomic E-state index is -4.34. The van der Waals surface area contributed by atoms with Crippen LogP contribution in [0.3, 0.4) is 0 Å². The lowest BCUT2D eigenvalue weighted by Crippen LogP contribution is -2.38. The van der Waals surface area contributed by atoms with E-state index in [1.54, 1.807) is 0 Å².